The molecule has 21 saturated heterocycles. The van der Waals surface area contributed by atoms with Crippen LogP contribution >= 0.6 is 0 Å². The molecule has 0 aliphatic carbocycles. The van der Waals surface area contributed by atoms with Crippen LogP contribution in [0.15, 0.2) is 0 Å². The van der Waals surface area contributed by atoms with E-state index in [2.05, 4.69) is 0 Å². The van der Waals surface area contributed by atoms with Crippen LogP contribution in [0.2, 0.25) is 145 Å². The molecule has 35 nitrogen and oxygen atoms in total. The molecule has 0 aromatic rings. The zero-order chi connectivity index (χ0) is 102. The van der Waals surface area contributed by atoms with Crippen LogP contribution in [0, 0.1) is 0 Å². The molecule has 35 atom stereocenters. The molecule has 0 spiro atoms. The number of hydrogen-bond donors (Lipinski definition) is 13. The Bertz CT molecular complexity index is 3610. The summed E-state index contributed by atoms with van der Waals surface area (Å²) in [7, 11) is -23.0. The Morgan fingerprint density at radius 1 is 0.165 bits per heavy atom. The summed E-state index contributed by atoms with van der Waals surface area (Å²) in [5.74, 6) is 0. The van der Waals surface area contributed by atoms with Gasteiger partial charge in [-0.2, -0.15) is 0 Å². The molecule has 0 radical (unpaired) electrons. The molecule has 133 heavy (non-hydrogen) atoms. The molecule has 0 unspecified atom stereocenters. The Kier molecular flexibility index (Phi) is 38.4. The molecule has 0 amide bonds. The van der Waals surface area contributed by atoms with Gasteiger partial charge >= 0.3 is 0 Å². The number of aliphatic hydroxyl groups excluding tert-OH is 13. The van der Waals surface area contributed by atoms with Crippen molar-refractivity contribution in [3.05, 3.63) is 0 Å². The standard InChI is InChI=1S/C90H182O35Si8/c1-83(2,3)126(25,26)104-41-48-68-55(91)61(97)77(111-48)119-70-50(43-106-128(29,30)85(7,8)9)113-79(63(99)57(70)93)121-72-52(45-108-130(33,34)87(13,14)15)115-81(65(101)59(72)95)123-74-54(47-110-132(37,38)89(19,20)21)117-82(75(67(74)103)125-133(39,40)90(22,23)24)124-73-53(46-109-131(35,36)88(16,17)18)116-80(66(102)60(73)96)122-71-51(44-107-129(31,32)86(10,11)12)114-78(64(100)58(71)94)120-69-49(42-105-127(27,28)84(4,5)6)112-76(118-68)62(98)56(69)92/h48-82,91-103H,41-47H2,1-40H3/t48-,49-,50-,51-,52-,53-,54-,55-,56-,57-,58-,59-,60-,61-,62-,63-,64-,65-,66-,67+,68-,69-,70-,71-,72-,73-,74-,75+,76-,77-,78-,79-,80-,81-,82-/m0/s1. The van der Waals surface area contributed by atoms with Crippen molar-refractivity contribution < 1.29 is 168 Å². The van der Waals surface area contributed by atoms with Gasteiger partial charge in [0.05, 0.1) is 46.2 Å². The SMILES string of the molecule is CC(C)(C)[Si](C)(C)OC[C@@H]1O[C@H]2O[C@@H]3[C@@H](O)[C@H](O)[C@H](O[C@@H]4[C@@H](O)[C@H](O)[C@H](O[C@@H]5[C@@H](O)[C@H](O)[C@H](O[C@@H]6[C@@H](O)[C@H](O)[C@H](O[C@@H]7[C@@H](O)[C@H](O)[C@H](O[C@@H]8[C@@H](O)[C@H](O)[C@H](O[C@@H]1[C@@H](O)[C@H]2O[Si](C)(C)C(C)(C)C)O[C@H]8CO[Si](C)(C)C(C)(C)C)O[C@H]7CO[Si](C)(C)C(C)(C)C)O[C@H]6CO[Si](C)(C)C(C)(C)C)O[C@H]5CO[Si](C)(C)C(C)(C)C)O[C@H]4CO[Si](C)(C)C(C)(C)C)O[C@H]3CO[Si](C)(C)C(C)(C)C. The number of rotatable bonds is 23. The highest BCUT2D eigenvalue weighted by Crippen LogP contribution is 2.50. The van der Waals surface area contributed by atoms with E-state index in [4.69, 9.17) is 102 Å². The van der Waals surface area contributed by atoms with Crippen molar-refractivity contribution in [1.29, 1.82) is 0 Å². The molecule has 784 valence electrons. The van der Waals surface area contributed by atoms with Gasteiger partial charge in [0, 0.05) is 0 Å². The van der Waals surface area contributed by atoms with Crippen LogP contribution < -0.4 is 0 Å². The third kappa shape index (κ3) is 27.2. The first-order valence-electron chi connectivity index (χ1n) is 48.0. The zero-order valence-corrected chi connectivity index (χ0v) is 96.0. The Balaban J connectivity index is 1.36. The second-order valence-electron chi connectivity index (χ2n) is 50.7. The van der Waals surface area contributed by atoms with E-state index >= 15 is 0 Å². The Morgan fingerprint density at radius 3 is 0.421 bits per heavy atom. The fourth-order valence-electron chi connectivity index (χ4n) is 14.5. The van der Waals surface area contributed by atoms with Crippen LogP contribution in [0.1, 0.15) is 166 Å². The van der Waals surface area contributed by atoms with Crippen LogP contribution in [0.25, 0.3) is 0 Å². The maximum absolute atomic E-state index is 13.8. The molecule has 0 saturated carbocycles. The summed E-state index contributed by atoms with van der Waals surface area (Å²) in [4.78, 5) is 0. The minimum absolute atomic E-state index is 0.314. The van der Waals surface area contributed by atoms with E-state index in [-0.39, 0.29) is 46.2 Å². The first kappa shape index (κ1) is 119. The van der Waals surface area contributed by atoms with E-state index in [0.29, 0.717) is 0 Å². The summed E-state index contributed by atoms with van der Waals surface area (Å²) >= 11 is 0. The van der Waals surface area contributed by atoms with E-state index in [1.807, 2.05) is 271 Å². The largest absolute Gasteiger partial charge is 0.414 e. The maximum Gasteiger partial charge on any atom is 0.192 e. The molecule has 0 aromatic carbocycles. The van der Waals surface area contributed by atoms with E-state index in [9.17, 15) is 66.4 Å². The van der Waals surface area contributed by atoms with E-state index < -0.39 is 322 Å². The van der Waals surface area contributed by atoms with Gasteiger partial charge in [0.15, 0.2) is 111 Å². The van der Waals surface area contributed by atoms with E-state index in [1.54, 1.807) is 0 Å². The van der Waals surface area contributed by atoms with Crippen molar-refractivity contribution in [2.45, 2.75) is 526 Å². The third-order valence-corrected chi connectivity index (χ3v) is 68.6. The fraction of sp³-hybridized carbons (Fsp3) is 1.00. The minimum Gasteiger partial charge on any atom is -0.414 e. The van der Waals surface area contributed by atoms with Gasteiger partial charge < -0.3 is 168 Å². The quantitative estimate of drug-likeness (QED) is 0.0424. The second-order valence-corrected chi connectivity index (χ2v) is 89.1. The fourth-order valence-corrected chi connectivity index (χ4v) is 22.9. The van der Waals surface area contributed by atoms with Gasteiger partial charge in [0.1, 0.15) is 171 Å². The van der Waals surface area contributed by atoms with Crippen molar-refractivity contribution >= 4 is 66.5 Å². The molecule has 21 fully saturated rings. The second kappa shape index (κ2) is 43.0. The highest BCUT2D eigenvalue weighted by molar-refractivity contribution is 6.77. The van der Waals surface area contributed by atoms with Crippen LogP contribution in [-0.2, 0) is 102 Å². The lowest BCUT2D eigenvalue weighted by Crippen LogP contribution is -2.69. The van der Waals surface area contributed by atoms with Gasteiger partial charge in [-0.15, -0.1) is 0 Å². The smallest absolute Gasteiger partial charge is 0.192 e. The third-order valence-electron chi connectivity index (χ3n) is 32.6. The van der Waals surface area contributed by atoms with Crippen molar-refractivity contribution in [3.63, 3.8) is 0 Å². The van der Waals surface area contributed by atoms with Gasteiger partial charge in [-0.25, -0.2) is 0 Å². The first-order valence-corrected chi connectivity index (χ1v) is 71.3. The van der Waals surface area contributed by atoms with Gasteiger partial charge in [-0.3, -0.25) is 0 Å². The summed E-state index contributed by atoms with van der Waals surface area (Å²) in [6.45, 7) is 77.8. The Morgan fingerprint density at radius 2 is 0.286 bits per heavy atom. The lowest BCUT2D eigenvalue weighted by Gasteiger charge is -2.53. The molecule has 21 rings (SSSR count). The minimum atomic E-state index is -3.18. The summed E-state index contributed by atoms with van der Waals surface area (Å²) in [5, 5.41) is 165. The van der Waals surface area contributed by atoms with Crippen LogP contribution in [0.5, 0.6) is 0 Å². The molecular formula is C90H182O35Si8. The van der Waals surface area contributed by atoms with E-state index in [0.717, 1.165) is 0 Å². The van der Waals surface area contributed by atoms with Crippen molar-refractivity contribution in [3.8, 4) is 0 Å². The molecule has 43 heteroatoms. The molecular weight excluding hydrogens is 1870 g/mol. The summed E-state index contributed by atoms with van der Waals surface area (Å²) in [6.07, 6.45) is -63.5. The predicted molar refractivity (Wildman–Crippen MR) is 517 cm³/mol. The normalized spacial score (nSPS) is 39.3. The van der Waals surface area contributed by atoms with E-state index in [1.165, 1.54) is 0 Å². The number of aliphatic hydroxyl groups is 13. The van der Waals surface area contributed by atoms with Gasteiger partial charge in [-0.1, -0.05) is 166 Å². The highest BCUT2D eigenvalue weighted by atomic mass is 28.4. The monoisotopic (exact) mass is 2050 g/mol. The molecule has 0 aromatic heterocycles. The van der Waals surface area contributed by atoms with Gasteiger partial charge in [0.2, 0.25) is 0 Å². The van der Waals surface area contributed by atoms with Crippen LogP contribution in [0.4, 0.5) is 0 Å². The Hall–Kier alpha value is 0.335. The van der Waals surface area contributed by atoms with Crippen molar-refractivity contribution in [2.75, 3.05) is 46.2 Å². The average molecular weight is 2050 g/mol. The molecule has 14 bridgehead atoms. The summed E-state index contributed by atoms with van der Waals surface area (Å²) in [5.41, 5.74) is 0. The van der Waals surface area contributed by atoms with Gasteiger partial charge in [-0.05, 0) is 145 Å². The lowest BCUT2D eigenvalue weighted by atomic mass is 9.95. The molecule has 13 N–H and O–H groups in total. The predicted octanol–water partition coefficient (Wildman–Crippen LogP) is 9.01. The topological polar surface area (TPSA) is 466 Å². The first-order chi connectivity index (χ1) is 59.9. The molecule has 21 aliphatic heterocycles. The number of ether oxygens (including phenoxy) is 14. The van der Waals surface area contributed by atoms with Crippen LogP contribution in [0.3, 0.4) is 0 Å². The van der Waals surface area contributed by atoms with Crippen molar-refractivity contribution in [2.24, 2.45) is 0 Å². The Labute approximate surface area is 802 Å². The van der Waals surface area contributed by atoms with Crippen LogP contribution in [-0.4, -0.2) is 394 Å². The summed E-state index contributed by atoms with van der Waals surface area (Å²) in [6, 6.07) is 0. The molecule has 21 heterocycles. The lowest BCUT2D eigenvalue weighted by molar-refractivity contribution is -0.396. The van der Waals surface area contributed by atoms with Gasteiger partial charge in [0.25, 0.3) is 0 Å². The number of hydrogen-bond acceptors (Lipinski definition) is 35. The van der Waals surface area contributed by atoms with Crippen molar-refractivity contribution in [1.82, 2.24) is 0 Å². The highest BCUT2D eigenvalue weighted by Gasteiger charge is 2.64. The maximum atomic E-state index is 13.8. The molecule has 21 aliphatic rings. The zero-order valence-electron chi connectivity index (χ0n) is 88.0. The average Bonchev–Trinajstić information content (AvgIpc) is 0.799. The summed E-state index contributed by atoms with van der Waals surface area (Å²) < 4.78 is 152.